The molecule has 144 valence electrons. The van der Waals surface area contributed by atoms with Crippen LogP contribution in [-0.4, -0.2) is 66.1 Å². The van der Waals surface area contributed by atoms with Gasteiger partial charge in [0, 0.05) is 18.2 Å². The van der Waals surface area contributed by atoms with Crippen molar-refractivity contribution in [2.75, 3.05) is 24.7 Å². The quantitative estimate of drug-likeness (QED) is 0.743. The van der Waals surface area contributed by atoms with Crippen LogP contribution in [0.1, 0.15) is 23.7 Å². The second kappa shape index (κ2) is 7.91. The summed E-state index contributed by atoms with van der Waals surface area (Å²) in [4.78, 5) is 26.3. The van der Waals surface area contributed by atoms with Crippen LogP contribution < -0.4 is 0 Å². The van der Waals surface area contributed by atoms with Crippen LogP contribution in [0.4, 0.5) is 0 Å². The molecule has 0 saturated carbocycles. The number of benzene rings is 1. The maximum absolute atomic E-state index is 12.4. The van der Waals surface area contributed by atoms with Gasteiger partial charge in [0.25, 0.3) is 5.91 Å². The molecule has 3 rings (SSSR count). The van der Waals surface area contributed by atoms with E-state index in [1.807, 2.05) is 30.3 Å². The Hall–Kier alpha value is -2.68. The highest BCUT2D eigenvalue weighted by Crippen LogP contribution is 2.22. The molecule has 8 nitrogen and oxygen atoms in total. The molecule has 0 radical (unpaired) electrons. The number of carbonyl (C=O) groups is 2. The van der Waals surface area contributed by atoms with Crippen LogP contribution in [0.3, 0.4) is 0 Å². The number of hydrogen-bond acceptors (Lipinski definition) is 6. The van der Waals surface area contributed by atoms with E-state index in [0.29, 0.717) is 18.7 Å². The van der Waals surface area contributed by atoms with Crippen molar-refractivity contribution >= 4 is 21.7 Å². The van der Waals surface area contributed by atoms with Crippen molar-refractivity contribution < 1.29 is 22.7 Å². The third-order valence-electron chi connectivity index (χ3n) is 4.56. The molecule has 1 fully saturated rings. The summed E-state index contributed by atoms with van der Waals surface area (Å²) in [5.41, 5.74) is 1.53. The molecule has 1 N–H and O–H groups in total. The minimum atomic E-state index is -3.10. The zero-order valence-electron chi connectivity index (χ0n) is 14.9. The number of nitrogens with one attached hydrogen (secondary N) is 1. The Labute approximate surface area is 157 Å². The van der Waals surface area contributed by atoms with Gasteiger partial charge in [-0.05, 0) is 13.3 Å². The molecule has 9 heteroatoms. The largest absolute Gasteiger partial charge is 0.452 e. The minimum absolute atomic E-state index is 0.0413. The lowest BCUT2D eigenvalue weighted by Gasteiger charge is -2.26. The third kappa shape index (κ3) is 4.36. The minimum Gasteiger partial charge on any atom is -0.452 e. The summed E-state index contributed by atoms with van der Waals surface area (Å²) in [7, 11) is -3.10. The number of rotatable bonds is 6. The van der Waals surface area contributed by atoms with E-state index in [1.165, 1.54) is 11.1 Å². The Balaban J connectivity index is 1.64. The van der Waals surface area contributed by atoms with E-state index in [4.69, 9.17) is 4.74 Å². The van der Waals surface area contributed by atoms with E-state index in [1.54, 1.807) is 6.92 Å². The number of aromatic amines is 1. The van der Waals surface area contributed by atoms with Crippen molar-refractivity contribution in [1.29, 1.82) is 0 Å². The first-order valence-electron chi connectivity index (χ1n) is 8.67. The van der Waals surface area contributed by atoms with Gasteiger partial charge in [-0.3, -0.25) is 9.89 Å². The Morgan fingerprint density at radius 2 is 2.04 bits per heavy atom. The van der Waals surface area contributed by atoms with E-state index in [-0.39, 0.29) is 23.1 Å². The van der Waals surface area contributed by atoms with Crippen molar-refractivity contribution in [2.45, 2.75) is 19.4 Å². The lowest BCUT2D eigenvalue weighted by molar-refractivity contribution is -0.136. The molecule has 2 heterocycles. The maximum atomic E-state index is 12.4. The number of likely N-dealkylation sites (N-methyl/N-ethyl adjacent to an activating group) is 1. The van der Waals surface area contributed by atoms with Gasteiger partial charge in [0.05, 0.1) is 23.4 Å². The van der Waals surface area contributed by atoms with Gasteiger partial charge in [-0.25, -0.2) is 13.2 Å². The molecule has 0 aliphatic carbocycles. The SMILES string of the molecule is CCN(C(=O)COC(=O)c1cn[nH]c1-c1ccccc1)C1CCS(=O)(=O)C1. The van der Waals surface area contributed by atoms with Gasteiger partial charge < -0.3 is 9.64 Å². The second-order valence-electron chi connectivity index (χ2n) is 6.34. The van der Waals surface area contributed by atoms with Crippen molar-refractivity contribution in [3.63, 3.8) is 0 Å². The van der Waals surface area contributed by atoms with Crippen LogP contribution in [0, 0.1) is 0 Å². The van der Waals surface area contributed by atoms with Crippen molar-refractivity contribution in [3.05, 3.63) is 42.1 Å². The molecule has 1 unspecified atom stereocenters. The van der Waals surface area contributed by atoms with Crippen LogP contribution in [0.15, 0.2) is 36.5 Å². The van der Waals surface area contributed by atoms with Crippen LogP contribution in [0.2, 0.25) is 0 Å². The Morgan fingerprint density at radius 3 is 2.67 bits per heavy atom. The highest BCUT2D eigenvalue weighted by atomic mass is 32.2. The number of hydrogen-bond donors (Lipinski definition) is 1. The highest BCUT2D eigenvalue weighted by molar-refractivity contribution is 7.91. The topological polar surface area (TPSA) is 109 Å². The molecule has 1 saturated heterocycles. The number of ether oxygens (including phenoxy) is 1. The molecule has 1 aliphatic rings. The number of nitrogens with zero attached hydrogens (tertiary/aromatic N) is 2. The zero-order valence-corrected chi connectivity index (χ0v) is 15.7. The molecular formula is C18H21N3O5S. The predicted molar refractivity (Wildman–Crippen MR) is 98.8 cm³/mol. The van der Waals surface area contributed by atoms with Gasteiger partial charge in [0.2, 0.25) is 0 Å². The summed E-state index contributed by atoms with van der Waals surface area (Å²) in [6, 6.07) is 8.83. The van der Waals surface area contributed by atoms with Gasteiger partial charge in [-0.2, -0.15) is 5.10 Å². The fourth-order valence-corrected chi connectivity index (χ4v) is 4.94. The average Bonchev–Trinajstić information content (AvgIpc) is 3.28. The molecule has 1 atom stereocenters. The Morgan fingerprint density at radius 1 is 1.30 bits per heavy atom. The molecule has 1 aromatic carbocycles. The number of sulfone groups is 1. The lowest BCUT2D eigenvalue weighted by atomic mass is 10.1. The molecular weight excluding hydrogens is 370 g/mol. The third-order valence-corrected chi connectivity index (χ3v) is 6.31. The normalized spacial score (nSPS) is 18.2. The molecule has 1 amide bonds. The van der Waals surface area contributed by atoms with Crippen LogP contribution in [0.5, 0.6) is 0 Å². The van der Waals surface area contributed by atoms with E-state index >= 15 is 0 Å². The summed E-state index contributed by atoms with van der Waals surface area (Å²) in [5.74, 6) is -1.03. The van der Waals surface area contributed by atoms with Gasteiger partial charge in [-0.1, -0.05) is 30.3 Å². The van der Waals surface area contributed by atoms with Gasteiger partial charge in [0.1, 0.15) is 5.56 Å². The van der Waals surface area contributed by atoms with E-state index in [0.717, 1.165) is 5.56 Å². The van der Waals surface area contributed by atoms with Gasteiger partial charge in [-0.15, -0.1) is 0 Å². The standard InChI is InChI=1S/C18H21N3O5S/c1-2-21(14-8-9-27(24,25)12-14)16(22)11-26-18(23)15-10-19-20-17(15)13-6-4-3-5-7-13/h3-7,10,14H,2,8-9,11-12H2,1H3,(H,19,20). The Kier molecular flexibility index (Phi) is 5.59. The molecule has 0 bridgehead atoms. The van der Waals surface area contributed by atoms with Crippen molar-refractivity contribution in [2.24, 2.45) is 0 Å². The number of aromatic nitrogens is 2. The molecule has 2 aromatic rings. The fraction of sp³-hybridized carbons (Fsp3) is 0.389. The summed E-state index contributed by atoms with van der Waals surface area (Å²) in [5, 5.41) is 6.65. The maximum Gasteiger partial charge on any atom is 0.342 e. The van der Waals surface area contributed by atoms with Crippen molar-refractivity contribution in [3.8, 4) is 11.3 Å². The molecule has 1 aliphatic heterocycles. The number of H-pyrrole nitrogens is 1. The first kappa shape index (κ1) is 19.1. The Bertz CT molecular complexity index is 923. The summed E-state index contributed by atoms with van der Waals surface area (Å²) < 4.78 is 28.5. The van der Waals surface area contributed by atoms with Crippen LogP contribution in [0.25, 0.3) is 11.3 Å². The first-order chi connectivity index (χ1) is 12.9. The van der Waals surface area contributed by atoms with Crippen LogP contribution in [-0.2, 0) is 19.4 Å². The monoisotopic (exact) mass is 391 g/mol. The van der Waals surface area contributed by atoms with Gasteiger partial charge in [0.15, 0.2) is 16.4 Å². The van der Waals surface area contributed by atoms with Crippen molar-refractivity contribution in [1.82, 2.24) is 15.1 Å². The van der Waals surface area contributed by atoms with E-state index in [9.17, 15) is 18.0 Å². The zero-order chi connectivity index (χ0) is 19.4. The molecule has 27 heavy (non-hydrogen) atoms. The number of carbonyl (C=O) groups excluding carboxylic acids is 2. The number of esters is 1. The first-order valence-corrected chi connectivity index (χ1v) is 10.5. The smallest absolute Gasteiger partial charge is 0.342 e. The fourth-order valence-electron chi connectivity index (χ4n) is 3.21. The summed E-state index contributed by atoms with van der Waals surface area (Å²) in [6.07, 6.45) is 1.77. The lowest BCUT2D eigenvalue weighted by Crippen LogP contribution is -2.43. The average molecular weight is 391 g/mol. The van der Waals surface area contributed by atoms with Gasteiger partial charge >= 0.3 is 5.97 Å². The van der Waals surface area contributed by atoms with Crippen LogP contribution >= 0.6 is 0 Å². The highest BCUT2D eigenvalue weighted by Gasteiger charge is 2.34. The molecule has 0 spiro atoms. The summed E-state index contributed by atoms with van der Waals surface area (Å²) in [6.45, 7) is 1.69. The second-order valence-corrected chi connectivity index (χ2v) is 8.57. The summed E-state index contributed by atoms with van der Waals surface area (Å²) >= 11 is 0. The van der Waals surface area contributed by atoms with E-state index < -0.39 is 28.3 Å². The van der Waals surface area contributed by atoms with E-state index in [2.05, 4.69) is 10.2 Å². The molecule has 1 aromatic heterocycles. The number of amides is 1. The predicted octanol–water partition coefficient (Wildman–Crippen LogP) is 1.27.